The number of carbonyl (C=O) groups is 1. The second-order valence-corrected chi connectivity index (χ2v) is 4.55. The van der Waals surface area contributed by atoms with E-state index in [1.807, 2.05) is 32.1 Å². The van der Waals surface area contributed by atoms with Gasteiger partial charge in [-0.25, -0.2) is 0 Å². The summed E-state index contributed by atoms with van der Waals surface area (Å²) in [6, 6.07) is 5.42. The van der Waals surface area contributed by atoms with Crippen molar-refractivity contribution in [2.45, 2.75) is 13.8 Å². The number of hydrogen-bond acceptors (Lipinski definition) is 2. The van der Waals surface area contributed by atoms with Crippen LogP contribution in [0.2, 0.25) is 5.02 Å². The van der Waals surface area contributed by atoms with Gasteiger partial charge in [-0.15, -0.1) is 0 Å². The van der Waals surface area contributed by atoms with E-state index in [-0.39, 0.29) is 5.91 Å². The van der Waals surface area contributed by atoms with Gasteiger partial charge in [0.05, 0.1) is 5.57 Å². The van der Waals surface area contributed by atoms with E-state index >= 15 is 0 Å². The zero-order chi connectivity index (χ0) is 13.1. The van der Waals surface area contributed by atoms with Crippen molar-refractivity contribution in [3.05, 3.63) is 34.4 Å². The Morgan fingerprint density at radius 1 is 1.39 bits per heavy atom. The quantitative estimate of drug-likeness (QED) is 0.841. The van der Waals surface area contributed by atoms with Gasteiger partial charge in [0.15, 0.2) is 0 Å². The molecule has 0 atom stereocenters. The molecule has 0 fully saturated rings. The number of ether oxygens (including phenoxy) is 1. The maximum Gasteiger partial charge on any atom is 0.253 e. The lowest BCUT2D eigenvalue weighted by Gasteiger charge is -2.23. The van der Waals surface area contributed by atoms with Crippen LogP contribution in [0.25, 0.3) is 6.08 Å². The maximum atomic E-state index is 12.2. The van der Waals surface area contributed by atoms with Crippen LogP contribution in [-0.2, 0) is 4.79 Å². The van der Waals surface area contributed by atoms with Crippen LogP contribution in [-0.4, -0.2) is 30.5 Å². The molecular weight excluding hydrogens is 250 g/mol. The molecular formula is C14H16ClNO2. The second kappa shape index (κ2) is 5.44. The molecule has 0 spiro atoms. The lowest BCUT2D eigenvalue weighted by Crippen LogP contribution is -2.33. The smallest absolute Gasteiger partial charge is 0.253 e. The molecule has 18 heavy (non-hydrogen) atoms. The first-order chi connectivity index (χ1) is 8.65. The highest BCUT2D eigenvalue weighted by Gasteiger charge is 2.20. The molecule has 2 rings (SSSR count). The van der Waals surface area contributed by atoms with Gasteiger partial charge >= 0.3 is 0 Å². The molecule has 0 saturated heterocycles. The fourth-order valence-corrected chi connectivity index (χ4v) is 2.17. The van der Waals surface area contributed by atoms with Crippen LogP contribution in [0.3, 0.4) is 0 Å². The molecule has 0 aromatic heterocycles. The third-order valence-corrected chi connectivity index (χ3v) is 3.25. The van der Waals surface area contributed by atoms with Gasteiger partial charge in [0.2, 0.25) is 0 Å². The molecule has 1 amide bonds. The first-order valence-corrected chi connectivity index (χ1v) is 6.45. The fraction of sp³-hybridized carbons (Fsp3) is 0.357. The van der Waals surface area contributed by atoms with Crippen LogP contribution in [0.4, 0.5) is 0 Å². The highest BCUT2D eigenvalue weighted by atomic mass is 35.5. The summed E-state index contributed by atoms with van der Waals surface area (Å²) in [5, 5.41) is 0.644. The Hall–Kier alpha value is -1.48. The van der Waals surface area contributed by atoms with Crippen molar-refractivity contribution in [3.8, 4) is 5.75 Å². The molecule has 1 aromatic rings. The van der Waals surface area contributed by atoms with Crippen molar-refractivity contribution < 1.29 is 9.53 Å². The van der Waals surface area contributed by atoms with Crippen molar-refractivity contribution >= 4 is 23.6 Å². The number of nitrogens with zero attached hydrogens (tertiary/aromatic N) is 1. The number of amides is 1. The van der Waals surface area contributed by atoms with Crippen molar-refractivity contribution in [3.63, 3.8) is 0 Å². The zero-order valence-corrected chi connectivity index (χ0v) is 11.3. The average Bonchev–Trinajstić information content (AvgIpc) is 2.39. The average molecular weight is 266 g/mol. The zero-order valence-electron chi connectivity index (χ0n) is 10.6. The van der Waals surface area contributed by atoms with Crippen LogP contribution in [0.15, 0.2) is 23.8 Å². The Morgan fingerprint density at radius 3 is 2.78 bits per heavy atom. The summed E-state index contributed by atoms with van der Waals surface area (Å²) in [4.78, 5) is 14.0. The van der Waals surface area contributed by atoms with Crippen molar-refractivity contribution in [2.24, 2.45) is 0 Å². The molecule has 0 aliphatic carbocycles. The van der Waals surface area contributed by atoms with Crippen molar-refractivity contribution in [1.82, 2.24) is 4.90 Å². The monoisotopic (exact) mass is 265 g/mol. The Bertz CT molecular complexity index is 493. The Kier molecular flexibility index (Phi) is 3.92. The normalized spacial score (nSPS) is 13.4. The molecule has 3 nitrogen and oxygen atoms in total. The number of hydrogen-bond donors (Lipinski definition) is 0. The number of halogens is 1. The summed E-state index contributed by atoms with van der Waals surface area (Å²) in [5.41, 5.74) is 1.54. The Labute approximate surface area is 112 Å². The number of carbonyl (C=O) groups excluding carboxylic acids is 1. The van der Waals surface area contributed by atoms with E-state index in [0.29, 0.717) is 30.3 Å². The summed E-state index contributed by atoms with van der Waals surface area (Å²) in [6.45, 7) is 5.67. The molecule has 1 aromatic carbocycles. The topological polar surface area (TPSA) is 29.5 Å². The van der Waals surface area contributed by atoms with E-state index in [9.17, 15) is 4.79 Å². The Morgan fingerprint density at radius 2 is 2.11 bits per heavy atom. The number of fused-ring (bicyclic) bond motifs is 1. The predicted molar refractivity (Wildman–Crippen MR) is 72.9 cm³/mol. The number of likely N-dealkylation sites (N-methyl/N-ethyl adjacent to an activating group) is 1. The fourth-order valence-electron chi connectivity index (χ4n) is 1.99. The first kappa shape index (κ1) is 13.0. The third kappa shape index (κ3) is 2.51. The van der Waals surface area contributed by atoms with Crippen LogP contribution in [0, 0.1) is 0 Å². The van der Waals surface area contributed by atoms with Crippen LogP contribution >= 0.6 is 11.6 Å². The summed E-state index contributed by atoms with van der Waals surface area (Å²) < 4.78 is 5.58. The van der Waals surface area contributed by atoms with Gasteiger partial charge in [-0.3, -0.25) is 4.79 Å². The van der Waals surface area contributed by atoms with Gasteiger partial charge in [0.1, 0.15) is 12.4 Å². The molecule has 0 unspecified atom stereocenters. The molecule has 0 radical (unpaired) electrons. The van der Waals surface area contributed by atoms with E-state index < -0.39 is 0 Å². The van der Waals surface area contributed by atoms with E-state index in [4.69, 9.17) is 16.3 Å². The maximum absolute atomic E-state index is 12.2. The van der Waals surface area contributed by atoms with Gasteiger partial charge in [-0.1, -0.05) is 11.6 Å². The van der Waals surface area contributed by atoms with Crippen molar-refractivity contribution in [2.75, 3.05) is 19.7 Å². The number of rotatable bonds is 3. The van der Waals surface area contributed by atoms with E-state index in [2.05, 4.69) is 0 Å². The van der Waals surface area contributed by atoms with Gasteiger partial charge < -0.3 is 9.64 Å². The highest BCUT2D eigenvalue weighted by Crippen LogP contribution is 2.29. The lowest BCUT2D eigenvalue weighted by atomic mass is 10.1. The van der Waals surface area contributed by atoms with Crippen LogP contribution < -0.4 is 4.74 Å². The lowest BCUT2D eigenvalue weighted by molar-refractivity contribution is -0.127. The number of benzene rings is 1. The molecule has 1 heterocycles. The van der Waals surface area contributed by atoms with Crippen molar-refractivity contribution in [1.29, 1.82) is 0 Å². The minimum Gasteiger partial charge on any atom is -0.488 e. The first-order valence-electron chi connectivity index (χ1n) is 6.08. The van der Waals surface area contributed by atoms with Gasteiger partial charge in [0.25, 0.3) is 5.91 Å². The van der Waals surface area contributed by atoms with Gasteiger partial charge in [0, 0.05) is 23.7 Å². The molecule has 1 aliphatic heterocycles. The summed E-state index contributed by atoms with van der Waals surface area (Å²) in [7, 11) is 0. The largest absolute Gasteiger partial charge is 0.488 e. The summed E-state index contributed by atoms with van der Waals surface area (Å²) in [6.07, 6.45) is 1.87. The van der Waals surface area contributed by atoms with Gasteiger partial charge in [-0.2, -0.15) is 0 Å². The molecule has 0 bridgehead atoms. The third-order valence-electron chi connectivity index (χ3n) is 3.01. The summed E-state index contributed by atoms with van der Waals surface area (Å²) >= 11 is 5.94. The minimum atomic E-state index is 0.0330. The Balaban J connectivity index is 2.29. The molecule has 0 N–H and O–H groups in total. The SMILES string of the molecule is CCN(CC)C(=O)C1=Cc2cc(Cl)ccc2OC1. The summed E-state index contributed by atoms with van der Waals surface area (Å²) in [5.74, 6) is 0.807. The van der Waals surface area contributed by atoms with E-state index in [1.54, 1.807) is 11.0 Å². The molecule has 1 aliphatic rings. The minimum absolute atomic E-state index is 0.0330. The van der Waals surface area contributed by atoms with E-state index in [0.717, 1.165) is 11.3 Å². The predicted octanol–water partition coefficient (Wildman–Crippen LogP) is 2.98. The molecule has 4 heteroatoms. The van der Waals surface area contributed by atoms with Crippen LogP contribution in [0.5, 0.6) is 5.75 Å². The van der Waals surface area contributed by atoms with Crippen LogP contribution in [0.1, 0.15) is 19.4 Å². The van der Waals surface area contributed by atoms with Gasteiger partial charge in [-0.05, 0) is 38.1 Å². The highest BCUT2D eigenvalue weighted by molar-refractivity contribution is 6.30. The molecule has 0 saturated carbocycles. The van der Waals surface area contributed by atoms with E-state index in [1.165, 1.54) is 0 Å². The second-order valence-electron chi connectivity index (χ2n) is 4.12. The molecule has 96 valence electrons. The standard InChI is InChI=1S/C14H16ClNO2/c1-3-16(4-2)14(17)11-7-10-8-12(15)5-6-13(10)18-9-11/h5-8H,3-4,9H2,1-2H3.